The van der Waals surface area contributed by atoms with Crippen LogP contribution in [0.3, 0.4) is 0 Å². The molecule has 1 heterocycles. The average molecular weight is 368 g/mol. The van der Waals surface area contributed by atoms with E-state index < -0.39 is 5.60 Å². The van der Waals surface area contributed by atoms with E-state index in [4.69, 9.17) is 0 Å². The zero-order valence-corrected chi connectivity index (χ0v) is 16.0. The SMILES string of the molecule is OC1(c2ccc(F)cc2)CCC(N2CCC(Cc3ccccc3)CC2)CC1. The lowest BCUT2D eigenvalue weighted by Gasteiger charge is -2.43. The molecule has 0 spiro atoms. The van der Waals surface area contributed by atoms with Crippen molar-refractivity contribution >= 4 is 0 Å². The van der Waals surface area contributed by atoms with Crippen LogP contribution in [0.5, 0.6) is 0 Å². The molecule has 2 fully saturated rings. The summed E-state index contributed by atoms with van der Waals surface area (Å²) in [6.45, 7) is 2.36. The molecule has 0 aromatic heterocycles. The third-order valence-electron chi connectivity index (χ3n) is 6.70. The quantitative estimate of drug-likeness (QED) is 0.830. The Balaban J connectivity index is 1.27. The lowest BCUT2D eigenvalue weighted by Crippen LogP contribution is -2.46. The first-order valence-electron chi connectivity index (χ1n) is 10.4. The van der Waals surface area contributed by atoms with Crippen molar-refractivity contribution in [1.82, 2.24) is 4.90 Å². The Morgan fingerprint density at radius 2 is 1.52 bits per heavy atom. The van der Waals surface area contributed by atoms with Crippen LogP contribution in [0.4, 0.5) is 4.39 Å². The summed E-state index contributed by atoms with van der Waals surface area (Å²) in [5.74, 6) is 0.554. The van der Waals surface area contributed by atoms with E-state index >= 15 is 0 Å². The van der Waals surface area contributed by atoms with Crippen LogP contribution < -0.4 is 0 Å². The second-order valence-electron chi connectivity index (χ2n) is 8.44. The highest BCUT2D eigenvalue weighted by Gasteiger charge is 2.37. The monoisotopic (exact) mass is 367 g/mol. The molecule has 1 N–H and O–H groups in total. The average Bonchev–Trinajstić information content (AvgIpc) is 2.70. The smallest absolute Gasteiger partial charge is 0.123 e. The molecule has 1 aliphatic heterocycles. The lowest BCUT2D eigenvalue weighted by atomic mass is 9.76. The van der Waals surface area contributed by atoms with Crippen LogP contribution in [-0.4, -0.2) is 29.1 Å². The van der Waals surface area contributed by atoms with E-state index in [2.05, 4.69) is 35.2 Å². The number of rotatable bonds is 4. The topological polar surface area (TPSA) is 23.5 Å². The number of nitrogens with zero attached hydrogens (tertiary/aromatic N) is 1. The Kier molecular flexibility index (Phi) is 5.60. The van der Waals surface area contributed by atoms with Crippen LogP contribution in [0.15, 0.2) is 54.6 Å². The molecule has 1 saturated carbocycles. The molecule has 0 bridgehead atoms. The molecule has 2 aromatic carbocycles. The standard InChI is InChI=1S/C24H30FNO/c25-22-8-6-21(7-9-22)24(27)14-10-23(11-15-24)26-16-12-20(13-17-26)18-19-4-2-1-3-5-19/h1-9,20,23,27H,10-18H2. The first-order chi connectivity index (χ1) is 13.1. The van der Waals surface area contributed by atoms with Crippen molar-refractivity contribution in [3.63, 3.8) is 0 Å². The predicted molar refractivity (Wildman–Crippen MR) is 107 cm³/mol. The molecule has 144 valence electrons. The zero-order valence-electron chi connectivity index (χ0n) is 16.0. The van der Waals surface area contributed by atoms with Crippen LogP contribution in [0.2, 0.25) is 0 Å². The van der Waals surface area contributed by atoms with E-state index in [9.17, 15) is 9.50 Å². The van der Waals surface area contributed by atoms with Gasteiger partial charge in [0.2, 0.25) is 0 Å². The lowest BCUT2D eigenvalue weighted by molar-refractivity contribution is -0.0295. The maximum Gasteiger partial charge on any atom is 0.123 e. The molecular weight excluding hydrogens is 337 g/mol. The third-order valence-corrected chi connectivity index (χ3v) is 6.70. The molecule has 0 unspecified atom stereocenters. The van der Waals surface area contributed by atoms with E-state index in [1.54, 1.807) is 12.1 Å². The number of likely N-dealkylation sites (tertiary alicyclic amines) is 1. The molecule has 1 saturated heterocycles. The van der Waals surface area contributed by atoms with Crippen molar-refractivity contribution in [3.05, 3.63) is 71.5 Å². The second kappa shape index (κ2) is 8.12. The van der Waals surface area contributed by atoms with Crippen LogP contribution in [-0.2, 0) is 12.0 Å². The molecule has 4 rings (SSSR count). The summed E-state index contributed by atoms with van der Waals surface area (Å²) in [5.41, 5.74) is 1.54. The van der Waals surface area contributed by atoms with E-state index in [1.165, 1.54) is 50.0 Å². The van der Waals surface area contributed by atoms with Crippen molar-refractivity contribution < 1.29 is 9.50 Å². The second-order valence-corrected chi connectivity index (χ2v) is 8.44. The fourth-order valence-electron chi connectivity index (χ4n) is 4.96. The summed E-state index contributed by atoms with van der Waals surface area (Å²) in [6, 6.07) is 17.8. The summed E-state index contributed by atoms with van der Waals surface area (Å²) in [7, 11) is 0. The summed E-state index contributed by atoms with van der Waals surface area (Å²) in [6.07, 6.45) is 7.33. The van der Waals surface area contributed by atoms with Crippen LogP contribution in [0, 0.1) is 11.7 Å². The number of aliphatic hydroxyl groups is 1. The van der Waals surface area contributed by atoms with Gasteiger partial charge in [-0.1, -0.05) is 42.5 Å². The summed E-state index contributed by atoms with van der Waals surface area (Å²) < 4.78 is 13.2. The highest BCUT2D eigenvalue weighted by molar-refractivity contribution is 5.24. The van der Waals surface area contributed by atoms with Gasteiger partial charge in [0.05, 0.1) is 5.60 Å². The molecule has 2 aliphatic rings. The van der Waals surface area contributed by atoms with Gasteiger partial charge >= 0.3 is 0 Å². The largest absolute Gasteiger partial charge is 0.385 e. The number of hydrogen-bond acceptors (Lipinski definition) is 2. The van der Waals surface area contributed by atoms with Gasteiger partial charge in [-0.05, 0) is 87.2 Å². The van der Waals surface area contributed by atoms with Crippen molar-refractivity contribution in [1.29, 1.82) is 0 Å². The molecule has 0 amide bonds. The maximum atomic E-state index is 13.2. The van der Waals surface area contributed by atoms with Gasteiger partial charge in [-0.25, -0.2) is 4.39 Å². The zero-order chi connectivity index (χ0) is 18.7. The van der Waals surface area contributed by atoms with E-state index in [0.29, 0.717) is 6.04 Å². The molecule has 0 atom stereocenters. The summed E-state index contributed by atoms with van der Waals surface area (Å²) >= 11 is 0. The predicted octanol–water partition coefficient (Wildman–Crippen LogP) is 4.91. The van der Waals surface area contributed by atoms with E-state index in [1.807, 2.05) is 0 Å². The summed E-state index contributed by atoms with van der Waals surface area (Å²) in [4.78, 5) is 2.64. The Bertz CT molecular complexity index is 714. The molecule has 2 nitrogen and oxygen atoms in total. The van der Waals surface area contributed by atoms with Crippen molar-refractivity contribution in [2.45, 2.75) is 56.6 Å². The van der Waals surface area contributed by atoms with Gasteiger partial charge in [0.15, 0.2) is 0 Å². The number of hydrogen-bond donors (Lipinski definition) is 1. The molecule has 2 aromatic rings. The van der Waals surface area contributed by atoms with Crippen molar-refractivity contribution in [3.8, 4) is 0 Å². The maximum absolute atomic E-state index is 13.2. The van der Waals surface area contributed by atoms with Gasteiger partial charge in [-0.2, -0.15) is 0 Å². The number of halogens is 1. The van der Waals surface area contributed by atoms with E-state index in [0.717, 1.165) is 37.2 Å². The minimum absolute atomic E-state index is 0.241. The fraction of sp³-hybridized carbons (Fsp3) is 0.500. The van der Waals surface area contributed by atoms with Gasteiger partial charge in [0.1, 0.15) is 5.82 Å². The Morgan fingerprint density at radius 1 is 0.889 bits per heavy atom. The van der Waals surface area contributed by atoms with Crippen LogP contribution >= 0.6 is 0 Å². The van der Waals surface area contributed by atoms with Crippen LogP contribution in [0.25, 0.3) is 0 Å². The minimum Gasteiger partial charge on any atom is -0.385 e. The molecular formula is C24H30FNO. The molecule has 0 radical (unpaired) electrons. The van der Waals surface area contributed by atoms with Crippen molar-refractivity contribution in [2.24, 2.45) is 5.92 Å². The van der Waals surface area contributed by atoms with Crippen LogP contribution in [0.1, 0.15) is 49.7 Å². The molecule has 3 heteroatoms. The first kappa shape index (κ1) is 18.6. The first-order valence-corrected chi connectivity index (χ1v) is 10.4. The number of piperidine rings is 1. The van der Waals surface area contributed by atoms with Gasteiger partial charge < -0.3 is 10.0 Å². The Labute approximate surface area is 162 Å². The highest BCUT2D eigenvalue weighted by atomic mass is 19.1. The highest BCUT2D eigenvalue weighted by Crippen LogP contribution is 2.39. The van der Waals surface area contributed by atoms with Gasteiger partial charge in [-0.15, -0.1) is 0 Å². The fourth-order valence-corrected chi connectivity index (χ4v) is 4.96. The van der Waals surface area contributed by atoms with Gasteiger partial charge in [0.25, 0.3) is 0 Å². The van der Waals surface area contributed by atoms with Gasteiger partial charge in [-0.3, -0.25) is 0 Å². The Morgan fingerprint density at radius 3 is 2.15 bits per heavy atom. The third kappa shape index (κ3) is 4.41. The Hall–Kier alpha value is -1.71. The van der Waals surface area contributed by atoms with Gasteiger partial charge in [0, 0.05) is 6.04 Å². The molecule has 27 heavy (non-hydrogen) atoms. The normalized spacial score (nSPS) is 27.6. The summed E-state index contributed by atoms with van der Waals surface area (Å²) in [5, 5.41) is 11.0. The van der Waals surface area contributed by atoms with Crippen molar-refractivity contribution in [2.75, 3.05) is 13.1 Å². The minimum atomic E-state index is -0.782. The van der Waals surface area contributed by atoms with E-state index in [-0.39, 0.29) is 5.82 Å². The number of benzene rings is 2. The molecule has 1 aliphatic carbocycles.